The number of sulfonamides is 1. The number of fused-ring (bicyclic) bond motifs is 1. The van der Waals surface area contributed by atoms with Crippen molar-refractivity contribution in [3.8, 4) is 11.5 Å². The number of nitrogens with one attached hydrogen (secondary N) is 2. The second-order valence-electron chi connectivity index (χ2n) is 6.89. The summed E-state index contributed by atoms with van der Waals surface area (Å²) in [4.78, 5) is 26.6. The Bertz CT molecular complexity index is 1090. The first-order valence-electron chi connectivity index (χ1n) is 8.87. The lowest BCUT2D eigenvalue weighted by Gasteiger charge is -2.17. The number of benzene rings is 2. The van der Waals surface area contributed by atoms with Crippen molar-refractivity contribution in [3.05, 3.63) is 42.5 Å². The molecule has 1 saturated heterocycles. The molecule has 0 saturated carbocycles. The van der Waals surface area contributed by atoms with Crippen molar-refractivity contribution in [3.63, 3.8) is 0 Å². The van der Waals surface area contributed by atoms with E-state index < -0.39 is 15.9 Å². The second-order valence-corrected chi connectivity index (χ2v) is 8.64. The summed E-state index contributed by atoms with van der Waals surface area (Å²) in [6.45, 7) is 0.386. The molecule has 2 heterocycles. The predicted octanol–water partition coefficient (Wildman–Crippen LogP) is 1.78. The van der Waals surface area contributed by atoms with E-state index in [-0.39, 0.29) is 31.6 Å². The van der Waals surface area contributed by atoms with Crippen LogP contribution in [0.3, 0.4) is 0 Å². The summed E-state index contributed by atoms with van der Waals surface area (Å²) >= 11 is 0. The number of carbonyl (C=O) groups is 2. The topological polar surface area (TPSA) is 114 Å². The van der Waals surface area contributed by atoms with Gasteiger partial charge in [-0.15, -0.1) is 0 Å². The monoisotopic (exact) mass is 417 g/mol. The van der Waals surface area contributed by atoms with E-state index in [4.69, 9.17) is 9.47 Å². The summed E-state index contributed by atoms with van der Waals surface area (Å²) in [6.07, 6.45) is 1.13. The normalized spacial score (nSPS) is 18.0. The summed E-state index contributed by atoms with van der Waals surface area (Å²) in [5.74, 6) is 0.199. The van der Waals surface area contributed by atoms with Crippen molar-refractivity contribution in [2.75, 3.05) is 34.5 Å². The van der Waals surface area contributed by atoms with E-state index >= 15 is 0 Å². The zero-order chi connectivity index (χ0) is 20.6. The predicted molar refractivity (Wildman–Crippen MR) is 107 cm³/mol. The van der Waals surface area contributed by atoms with Gasteiger partial charge in [0.2, 0.25) is 28.6 Å². The fourth-order valence-corrected chi connectivity index (χ4v) is 3.86. The number of rotatable bonds is 5. The molecule has 2 aromatic carbocycles. The van der Waals surface area contributed by atoms with Gasteiger partial charge >= 0.3 is 0 Å². The van der Waals surface area contributed by atoms with Gasteiger partial charge in [0.25, 0.3) is 0 Å². The molecule has 2 amide bonds. The zero-order valence-corrected chi connectivity index (χ0v) is 16.4. The Balaban J connectivity index is 1.44. The van der Waals surface area contributed by atoms with Crippen LogP contribution in [0.5, 0.6) is 11.5 Å². The van der Waals surface area contributed by atoms with E-state index in [1.807, 2.05) is 0 Å². The largest absolute Gasteiger partial charge is 0.454 e. The second kappa shape index (κ2) is 7.28. The Hall–Kier alpha value is -3.27. The molecule has 0 spiro atoms. The molecule has 1 fully saturated rings. The highest BCUT2D eigenvalue weighted by molar-refractivity contribution is 7.92. The van der Waals surface area contributed by atoms with Gasteiger partial charge in [0, 0.05) is 30.4 Å². The lowest BCUT2D eigenvalue weighted by Crippen LogP contribution is -2.28. The summed E-state index contributed by atoms with van der Waals surface area (Å²) in [6, 6.07) is 11.6. The average molecular weight is 417 g/mol. The van der Waals surface area contributed by atoms with Crippen LogP contribution in [0.15, 0.2) is 42.5 Å². The van der Waals surface area contributed by atoms with Gasteiger partial charge in [0.05, 0.1) is 17.9 Å². The Morgan fingerprint density at radius 3 is 2.66 bits per heavy atom. The fourth-order valence-electron chi connectivity index (χ4n) is 3.30. The summed E-state index contributed by atoms with van der Waals surface area (Å²) < 4.78 is 35.7. The minimum atomic E-state index is -3.42. The molecule has 1 unspecified atom stereocenters. The first-order chi connectivity index (χ1) is 13.8. The highest BCUT2D eigenvalue weighted by atomic mass is 32.2. The lowest BCUT2D eigenvalue weighted by molar-refractivity contribution is -0.122. The SMILES string of the molecule is CS(=O)(=O)Nc1cccc(NC(=O)C2CC(=O)N(c3ccc4c(c3)OCO4)C2)c1. The molecule has 152 valence electrons. The van der Waals surface area contributed by atoms with E-state index in [2.05, 4.69) is 10.0 Å². The fraction of sp³-hybridized carbons (Fsp3) is 0.263. The highest BCUT2D eigenvalue weighted by Crippen LogP contribution is 2.37. The quantitative estimate of drug-likeness (QED) is 0.767. The van der Waals surface area contributed by atoms with Gasteiger partial charge in [-0.1, -0.05) is 6.07 Å². The van der Waals surface area contributed by atoms with Gasteiger partial charge in [-0.25, -0.2) is 8.42 Å². The third-order valence-corrected chi connectivity index (χ3v) is 5.20. The standard InChI is InChI=1S/C19H19N3O6S/c1-29(25,26)21-14-4-2-3-13(8-14)20-19(24)12-7-18(23)22(10-12)15-5-6-16-17(9-15)28-11-27-16/h2-6,8-9,12,21H,7,10-11H2,1H3,(H,20,24). The molecule has 0 aromatic heterocycles. The van der Waals surface area contributed by atoms with Gasteiger partial charge in [-0.3, -0.25) is 14.3 Å². The van der Waals surface area contributed by atoms with Gasteiger partial charge in [0.1, 0.15) is 0 Å². The Kier molecular flexibility index (Phi) is 4.79. The van der Waals surface area contributed by atoms with E-state index in [9.17, 15) is 18.0 Å². The van der Waals surface area contributed by atoms with Gasteiger partial charge in [0.15, 0.2) is 11.5 Å². The third kappa shape index (κ3) is 4.27. The summed E-state index contributed by atoms with van der Waals surface area (Å²) in [7, 11) is -3.42. The lowest BCUT2D eigenvalue weighted by atomic mass is 10.1. The molecule has 2 aliphatic rings. The van der Waals surface area contributed by atoms with Crippen LogP contribution in [-0.4, -0.2) is 39.8 Å². The average Bonchev–Trinajstić information content (AvgIpc) is 3.26. The summed E-state index contributed by atoms with van der Waals surface area (Å²) in [5.41, 5.74) is 1.43. The van der Waals surface area contributed by atoms with Crippen LogP contribution in [-0.2, 0) is 19.6 Å². The molecular formula is C19H19N3O6S. The number of hydrogen-bond acceptors (Lipinski definition) is 6. The maximum absolute atomic E-state index is 12.6. The third-order valence-electron chi connectivity index (χ3n) is 4.60. The molecule has 2 aromatic rings. The molecule has 2 aliphatic heterocycles. The number of anilines is 3. The Morgan fingerprint density at radius 1 is 1.10 bits per heavy atom. The van der Waals surface area contributed by atoms with Crippen molar-refractivity contribution in [2.24, 2.45) is 5.92 Å². The molecular weight excluding hydrogens is 398 g/mol. The van der Waals surface area contributed by atoms with Crippen molar-refractivity contribution in [1.82, 2.24) is 0 Å². The van der Waals surface area contributed by atoms with Crippen LogP contribution in [0.4, 0.5) is 17.1 Å². The smallest absolute Gasteiger partial charge is 0.231 e. The van der Waals surface area contributed by atoms with Crippen molar-refractivity contribution in [1.29, 1.82) is 0 Å². The molecule has 29 heavy (non-hydrogen) atoms. The maximum atomic E-state index is 12.6. The van der Waals surface area contributed by atoms with Gasteiger partial charge in [-0.2, -0.15) is 0 Å². The minimum Gasteiger partial charge on any atom is -0.454 e. The van der Waals surface area contributed by atoms with Crippen molar-refractivity contribution < 1.29 is 27.5 Å². The molecule has 0 bridgehead atoms. The van der Waals surface area contributed by atoms with Crippen LogP contribution in [0, 0.1) is 5.92 Å². The highest BCUT2D eigenvalue weighted by Gasteiger charge is 2.35. The maximum Gasteiger partial charge on any atom is 0.231 e. The van der Waals surface area contributed by atoms with Gasteiger partial charge in [-0.05, 0) is 30.3 Å². The first-order valence-corrected chi connectivity index (χ1v) is 10.8. The Morgan fingerprint density at radius 2 is 1.86 bits per heavy atom. The number of hydrogen-bond donors (Lipinski definition) is 2. The number of nitrogens with zero attached hydrogens (tertiary/aromatic N) is 1. The van der Waals surface area contributed by atoms with E-state index in [1.54, 1.807) is 41.3 Å². The van der Waals surface area contributed by atoms with Crippen LogP contribution >= 0.6 is 0 Å². The van der Waals surface area contributed by atoms with Gasteiger partial charge < -0.3 is 19.7 Å². The van der Waals surface area contributed by atoms with E-state index in [0.29, 0.717) is 28.6 Å². The molecule has 0 radical (unpaired) electrons. The van der Waals surface area contributed by atoms with E-state index in [1.165, 1.54) is 6.07 Å². The molecule has 2 N–H and O–H groups in total. The molecule has 4 rings (SSSR count). The molecule has 10 heteroatoms. The van der Waals surface area contributed by atoms with Crippen LogP contribution in [0.25, 0.3) is 0 Å². The first kappa shape index (κ1) is 19.1. The Labute approximate surface area is 167 Å². The van der Waals surface area contributed by atoms with Crippen LogP contribution < -0.4 is 24.4 Å². The van der Waals surface area contributed by atoms with E-state index in [0.717, 1.165) is 6.26 Å². The molecule has 0 aliphatic carbocycles. The van der Waals surface area contributed by atoms with Crippen LogP contribution in [0.1, 0.15) is 6.42 Å². The number of carbonyl (C=O) groups excluding carboxylic acids is 2. The van der Waals surface area contributed by atoms with Crippen molar-refractivity contribution >= 4 is 38.9 Å². The number of amides is 2. The van der Waals surface area contributed by atoms with Crippen molar-refractivity contribution in [2.45, 2.75) is 6.42 Å². The molecule has 1 atom stereocenters. The van der Waals surface area contributed by atoms with Crippen LogP contribution in [0.2, 0.25) is 0 Å². The minimum absolute atomic E-state index is 0.0849. The molecule has 9 nitrogen and oxygen atoms in total. The zero-order valence-electron chi connectivity index (χ0n) is 15.5. The number of ether oxygens (including phenoxy) is 2. The summed E-state index contributed by atoms with van der Waals surface area (Å²) in [5, 5.41) is 2.75.